The van der Waals surface area contributed by atoms with E-state index in [4.69, 9.17) is 9.72 Å². The Labute approximate surface area is 205 Å². The standard InChI is InChI=1S/C28H31FN4O2/c1-35-25-9-4-20(5-10-25)12-15-32-16-13-23(14-17-32)30-28-31-26-11-8-24(34)18-27(26)33(28)19-21-2-6-22(29)7-3-21/h2-11,18,23,34H,12-17,19H2,1H3,(H,30,31). The maximum absolute atomic E-state index is 13.4. The van der Waals surface area contributed by atoms with E-state index in [0.717, 1.165) is 67.2 Å². The second-order valence-electron chi connectivity index (χ2n) is 9.18. The monoisotopic (exact) mass is 474 g/mol. The molecule has 4 aromatic rings. The molecular weight excluding hydrogens is 443 g/mol. The number of hydrogen-bond donors (Lipinski definition) is 2. The van der Waals surface area contributed by atoms with Crippen LogP contribution in [0.1, 0.15) is 24.0 Å². The van der Waals surface area contributed by atoms with Crippen LogP contribution in [0, 0.1) is 5.82 Å². The third-order valence-corrected chi connectivity index (χ3v) is 6.78. The first-order valence-corrected chi connectivity index (χ1v) is 12.1. The zero-order chi connectivity index (χ0) is 24.2. The van der Waals surface area contributed by atoms with Crippen molar-refractivity contribution in [3.8, 4) is 11.5 Å². The zero-order valence-corrected chi connectivity index (χ0v) is 20.0. The summed E-state index contributed by atoms with van der Waals surface area (Å²) in [5, 5.41) is 13.7. The lowest BCUT2D eigenvalue weighted by Gasteiger charge is -2.32. The Bertz CT molecular complexity index is 1260. The van der Waals surface area contributed by atoms with E-state index >= 15 is 0 Å². The molecule has 5 rings (SSSR count). The molecule has 0 aliphatic carbocycles. The summed E-state index contributed by atoms with van der Waals surface area (Å²) in [4.78, 5) is 7.33. The number of phenols is 1. The number of anilines is 1. The van der Waals surface area contributed by atoms with E-state index in [0.29, 0.717) is 12.6 Å². The number of fused-ring (bicyclic) bond motifs is 1. The average Bonchev–Trinajstić information content (AvgIpc) is 3.21. The van der Waals surface area contributed by atoms with Gasteiger partial charge in [0.1, 0.15) is 17.3 Å². The molecule has 0 amide bonds. The molecule has 0 radical (unpaired) electrons. The Morgan fingerprint density at radius 2 is 1.71 bits per heavy atom. The van der Waals surface area contributed by atoms with Crippen LogP contribution in [-0.2, 0) is 13.0 Å². The fourth-order valence-corrected chi connectivity index (χ4v) is 4.72. The minimum atomic E-state index is -0.251. The molecule has 0 atom stereocenters. The summed E-state index contributed by atoms with van der Waals surface area (Å²) in [6.07, 6.45) is 3.10. The first-order chi connectivity index (χ1) is 17.1. The van der Waals surface area contributed by atoms with Gasteiger partial charge in [-0.25, -0.2) is 9.37 Å². The fraction of sp³-hybridized carbons (Fsp3) is 0.321. The van der Waals surface area contributed by atoms with Crippen LogP contribution in [-0.4, -0.2) is 52.3 Å². The third-order valence-electron chi connectivity index (χ3n) is 6.78. The molecule has 35 heavy (non-hydrogen) atoms. The Kier molecular flexibility index (Phi) is 6.86. The van der Waals surface area contributed by atoms with E-state index in [9.17, 15) is 9.50 Å². The van der Waals surface area contributed by atoms with E-state index < -0.39 is 0 Å². The Hall–Kier alpha value is -3.58. The van der Waals surface area contributed by atoms with E-state index in [1.807, 2.05) is 18.2 Å². The van der Waals surface area contributed by atoms with Gasteiger partial charge in [-0.05, 0) is 66.8 Å². The van der Waals surface area contributed by atoms with Crippen LogP contribution in [0.15, 0.2) is 66.7 Å². The number of rotatable bonds is 8. The number of phenolic OH excluding ortho intramolecular Hbond substituents is 1. The molecule has 1 aromatic heterocycles. The van der Waals surface area contributed by atoms with Crippen molar-refractivity contribution in [1.82, 2.24) is 14.5 Å². The maximum Gasteiger partial charge on any atom is 0.204 e. The molecule has 0 bridgehead atoms. The average molecular weight is 475 g/mol. The Morgan fingerprint density at radius 3 is 2.43 bits per heavy atom. The number of nitrogens with one attached hydrogen (secondary N) is 1. The molecule has 6 nitrogen and oxygen atoms in total. The van der Waals surface area contributed by atoms with Crippen molar-refractivity contribution < 1.29 is 14.2 Å². The lowest BCUT2D eigenvalue weighted by molar-refractivity contribution is 0.221. The lowest BCUT2D eigenvalue weighted by atomic mass is 10.0. The van der Waals surface area contributed by atoms with Crippen molar-refractivity contribution in [3.63, 3.8) is 0 Å². The highest BCUT2D eigenvalue weighted by Crippen LogP contribution is 2.27. The van der Waals surface area contributed by atoms with Gasteiger partial charge in [0.2, 0.25) is 5.95 Å². The van der Waals surface area contributed by atoms with Crippen molar-refractivity contribution >= 4 is 17.0 Å². The van der Waals surface area contributed by atoms with Gasteiger partial charge in [0.15, 0.2) is 0 Å². The van der Waals surface area contributed by atoms with Gasteiger partial charge < -0.3 is 24.6 Å². The lowest BCUT2D eigenvalue weighted by Crippen LogP contribution is -2.40. The van der Waals surface area contributed by atoms with Crippen LogP contribution in [0.4, 0.5) is 10.3 Å². The molecule has 1 aliphatic rings. The molecule has 1 fully saturated rings. The van der Waals surface area contributed by atoms with Gasteiger partial charge in [-0.3, -0.25) is 0 Å². The Morgan fingerprint density at radius 1 is 1.00 bits per heavy atom. The number of aromatic nitrogens is 2. The molecule has 1 aliphatic heterocycles. The number of aromatic hydroxyl groups is 1. The van der Waals surface area contributed by atoms with Gasteiger partial charge >= 0.3 is 0 Å². The quantitative estimate of drug-likeness (QED) is 0.374. The number of hydrogen-bond acceptors (Lipinski definition) is 5. The SMILES string of the molecule is COc1ccc(CCN2CCC(Nc3nc4ccc(O)cc4n3Cc3ccc(F)cc3)CC2)cc1. The number of benzene rings is 3. The van der Waals surface area contributed by atoms with Gasteiger partial charge in [-0.15, -0.1) is 0 Å². The van der Waals surface area contributed by atoms with Crippen molar-refractivity contribution in [2.45, 2.75) is 31.8 Å². The van der Waals surface area contributed by atoms with E-state index in [2.05, 4.69) is 26.9 Å². The molecule has 0 saturated carbocycles. The van der Waals surface area contributed by atoms with Gasteiger partial charge in [-0.2, -0.15) is 0 Å². The minimum Gasteiger partial charge on any atom is -0.508 e. The third kappa shape index (κ3) is 5.57. The van der Waals surface area contributed by atoms with E-state index in [1.54, 1.807) is 31.4 Å². The summed E-state index contributed by atoms with van der Waals surface area (Å²) in [5.41, 5.74) is 3.98. The minimum absolute atomic E-state index is 0.203. The highest BCUT2D eigenvalue weighted by atomic mass is 19.1. The zero-order valence-electron chi connectivity index (χ0n) is 20.0. The maximum atomic E-state index is 13.4. The molecule has 7 heteroatoms. The van der Waals surface area contributed by atoms with Crippen LogP contribution < -0.4 is 10.1 Å². The van der Waals surface area contributed by atoms with Gasteiger partial charge in [0.25, 0.3) is 0 Å². The van der Waals surface area contributed by atoms with Gasteiger partial charge in [0.05, 0.1) is 24.7 Å². The molecule has 2 heterocycles. The van der Waals surface area contributed by atoms with E-state index in [-0.39, 0.29) is 11.6 Å². The van der Waals surface area contributed by atoms with E-state index in [1.165, 1.54) is 17.7 Å². The van der Waals surface area contributed by atoms with Crippen LogP contribution in [0.3, 0.4) is 0 Å². The van der Waals surface area contributed by atoms with Gasteiger partial charge in [-0.1, -0.05) is 24.3 Å². The van der Waals surface area contributed by atoms with Gasteiger partial charge in [0, 0.05) is 31.7 Å². The van der Waals surface area contributed by atoms with Crippen LogP contribution >= 0.6 is 0 Å². The first kappa shape index (κ1) is 23.2. The summed E-state index contributed by atoms with van der Waals surface area (Å²) in [6, 6.07) is 20.4. The number of piperidine rings is 1. The van der Waals surface area contributed by atoms with Crippen molar-refractivity contribution in [3.05, 3.63) is 83.7 Å². The van der Waals surface area contributed by atoms with Crippen molar-refractivity contribution in [2.24, 2.45) is 0 Å². The fourth-order valence-electron chi connectivity index (χ4n) is 4.72. The normalized spacial score (nSPS) is 14.9. The van der Waals surface area contributed by atoms with Crippen molar-refractivity contribution in [1.29, 1.82) is 0 Å². The summed E-state index contributed by atoms with van der Waals surface area (Å²) >= 11 is 0. The summed E-state index contributed by atoms with van der Waals surface area (Å²) in [7, 11) is 1.69. The molecule has 0 unspecified atom stereocenters. The van der Waals surface area contributed by atoms with Crippen LogP contribution in [0.2, 0.25) is 0 Å². The highest BCUT2D eigenvalue weighted by Gasteiger charge is 2.21. The van der Waals surface area contributed by atoms with Crippen LogP contribution in [0.5, 0.6) is 11.5 Å². The number of imidazole rings is 1. The summed E-state index contributed by atoms with van der Waals surface area (Å²) in [6.45, 7) is 3.66. The molecule has 0 spiro atoms. The number of halogens is 1. The highest BCUT2D eigenvalue weighted by molar-refractivity contribution is 5.80. The predicted octanol–water partition coefficient (Wildman–Crippen LogP) is 5.06. The second-order valence-corrected chi connectivity index (χ2v) is 9.18. The smallest absolute Gasteiger partial charge is 0.204 e. The number of likely N-dealkylation sites (tertiary alicyclic amines) is 1. The van der Waals surface area contributed by atoms with Crippen LogP contribution in [0.25, 0.3) is 11.0 Å². The number of methoxy groups -OCH3 is 1. The number of ether oxygens (including phenoxy) is 1. The molecule has 2 N–H and O–H groups in total. The predicted molar refractivity (Wildman–Crippen MR) is 137 cm³/mol. The summed E-state index contributed by atoms with van der Waals surface area (Å²) < 4.78 is 20.7. The molecule has 182 valence electrons. The first-order valence-electron chi connectivity index (χ1n) is 12.1. The Balaban J connectivity index is 1.23. The number of nitrogens with zero attached hydrogens (tertiary/aromatic N) is 3. The topological polar surface area (TPSA) is 62.6 Å². The molecular formula is C28H31FN4O2. The molecule has 3 aromatic carbocycles. The summed E-state index contributed by atoms with van der Waals surface area (Å²) in [5.74, 6) is 1.63. The molecule has 1 saturated heterocycles. The van der Waals surface area contributed by atoms with Crippen molar-refractivity contribution in [2.75, 3.05) is 32.1 Å². The second kappa shape index (κ2) is 10.4. The largest absolute Gasteiger partial charge is 0.508 e.